The van der Waals surface area contributed by atoms with E-state index in [0.29, 0.717) is 11.6 Å². The molecule has 138 valence electrons. The second-order valence-corrected chi connectivity index (χ2v) is 6.22. The van der Waals surface area contributed by atoms with E-state index in [9.17, 15) is 9.18 Å². The smallest absolute Gasteiger partial charge is 0.274 e. The fraction of sp³-hybridized carbons (Fsp3) is 0.150. The summed E-state index contributed by atoms with van der Waals surface area (Å²) in [4.78, 5) is 23.0. The molecular weight excluding hydrogens is 345 g/mol. The first-order chi connectivity index (χ1) is 12.9. The number of nitrogens with zero attached hydrogens (tertiary/aromatic N) is 3. The highest BCUT2D eigenvalue weighted by atomic mass is 19.1. The third-order valence-electron chi connectivity index (χ3n) is 3.85. The van der Waals surface area contributed by atoms with Gasteiger partial charge in [0.15, 0.2) is 0 Å². The highest BCUT2D eigenvalue weighted by molar-refractivity contribution is 6.03. The van der Waals surface area contributed by atoms with Gasteiger partial charge in [-0.1, -0.05) is 12.1 Å². The zero-order chi connectivity index (χ0) is 19.4. The van der Waals surface area contributed by atoms with Crippen LogP contribution in [0.2, 0.25) is 0 Å². The summed E-state index contributed by atoms with van der Waals surface area (Å²) in [5, 5.41) is 5.61. The minimum atomic E-state index is -0.504. The number of carbonyl (C=O) groups is 1. The second-order valence-electron chi connectivity index (χ2n) is 6.22. The molecule has 1 amide bonds. The summed E-state index contributed by atoms with van der Waals surface area (Å²) < 4.78 is 13.7. The number of anilines is 4. The Bertz CT molecular complexity index is 957. The van der Waals surface area contributed by atoms with Crippen molar-refractivity contribution in [2.75, 3.05) is 29.6 Å². The number of benzene rings is 2. The summed E-state index contributed by atoms with van der Waals surface area (Å²) in [6, 6.07) is 15.3. The van der Waals surface area contributed by atoms with Crippen LogP contribution in [0.1, 0.15) is 16.2 Å². The van der Waals surface area contributed by atoms with Crippen molar-refractivity contribution < 1.29 is 9.18 Å². The van der Waals surface area contributed by atoms with Crippen LogP contribution in [0.4, 0.5) is 27.4 Å². The van der Waals surface area contributed by atoms with Crippen LogP contribution in [0.15, 0.2) is 54.6 Å². The highest BCUT2D eigenvalue weighted by Crippen LogP contribution is 2.19. The minimum Gasteiger partial charge on any atom is -0.378 e. The van der Waals surface area contributed by atoms with Gasteiger partial charge in [-0.05, 0) is 49.4 Å². The average molecular weight is 365 g/mol. The lowest BCUT2D eigenvalue weighted by atomic mass is 10.2. The standard InChI is InChI=1S/C20H20FN5O/c1-13-12-18(19(27)24-17-7-5-4-6-16(17)21)25-20(22-13)23-14-8-10-15(11-9-14)26(2)3/h4-12H,1-3H3,(H,24,27)(H,22,23,25). The summed E-state index contributed by atoms with van der Waals surface area (Å²) in [5.74, 6) is -0.709. The Morgan fingerprint density at radius 1 is 1.04 bits per heavy atom. The van der Waals surface area contributed by atoms with Crippen LogP contribution < -0.4 is 15.5 Å². The van der Waals surface area contributed by atoms with E-state index in [0.717, 1.165) is 11.4 Å². The van der Waals surface area contributed by atoms with Crippen LogP contribution >= 0.6 is 0 Å². The molecule has 27 heavy (non-hydrogen) atoms. The topological polar surface area (TPSA) is 70.2 Å². The van der Waals surface area contributed by atoms with E-state index < -0.39 is 11.7 Å². The van der Waals surface area contributed by atoms with Crippen molar-refractivity contribution in [2.24, 2.45) is 0 Å². The number of halogens is 1. The molecule has 2 N–H and O–H groups in total. The van der Waals surface area contributed by atoms with Crippen molar-refractivity contribution in [3.63, 3.8) is 0 Å². The molecule has 0 bridgehead atoms. The predicted octanol–water partition coefficient (Wildman–Crippen LogP) is 3.99. The number of aromatic nitrogens is 2. The van der Waals surface area contributed by atoms with Crippen molar-refractivity contribution in [2.45, 2.75) is 6.92 Å². The summed E-state index contributed by atoms with van der Waals surface area (Å²) in [6.07, 6.45) is 0. The van der Waals surface area contributed by atoms with Gasteiger partial charge in [0.25, 0.3) is 5.91 Å². The Morgan fingerprint density at radius 3 is 2.41 bits per heavy atom. The molecule has 0 spiro atoms. The summed E-state index contributed by atoms with van der Waals surface area (Å²) in [6.45, 7) is 1.77. The molecule has 0 saturated heterocycles. The van der Waals surface area contributed by atoms with E-state index in [1.807, 2.05) is 43.3 Å². The maximum absolute atomic E-state index is 13.7. The molecule has 0 saturated carbocycles. The third-order valence-corrected chi connectivity index (χ3v) is 3.85. The molecule has 7 heteroatoms. The quantitative estimate of drug-likeness (QED) is 0.716. The van der Waals surface area contributed by atoms with Gasteiger partial charge in [0, 0.05) is 31.2 Å². The first kappa shape index (κ1) is 18.3. The van der Waals surface area contributed by atoms with Gasteiger partial charge < -0.3 is 15.5 Å². The molecule has 0 aliphatic rings. The largest absolute Gasteiger partial charge is 0.378 e. The first-order valence-electron chi connectivity index (χ1n) is 8.38. The van der Waals surface area contributed by atoms with Gasteiger partial charge in [0.2, 0.25) is 5.95 Å². The van der Waals surface area contributed by atoms with Gasteiger partial charge in [0.1, 0.15) is 11.5 Å². The molecule has 1 heterocycles. The van der Waals surface area contributed by atoms with Crippen LogP contribution in [0.25, 0.3) is 0 Å². The lowest BCUT2D eigenvalue weighted by Crippen LogP contribution is -2.16. The molecule has 0 radical (unpaired) electrons. The van der Waals surface area contributed by atoms with E-state index >= 15 is 0 Å². The second kappa shape index (κ2) is 7.82. The molecule has 0 aliphatic carbocycles. The molecule has 0 fully saturated rings. The van der Waals surface area contributed by atoms with Crippen molar-refractivity contribution in [1.29, 1.82) is 0 Å². The number of rotatable bonds is 5. The number of para-hydroxylation sites is 1. The SMILES string of the molecule is Cc1cc(C(=O)Nc2ccccc2F)nc(Nc2ccc(N(C)C)cc2)n1. The van der Waals surface area contributed by atoms with Crippen molar-refractivity contribution in [3.8, 4) is 0 Å². The molecule has 0 atom stereocenters. The van der Waals surface area contributed by atoms with Crippen LogP contribution in [0.3, 0.4) is 0 Å². The molecule has 2 aromatic carbocycles. The maximum atomic E-state index is 13.7. The van der Waals surface area contributed by atoms with E-state index in [2.05, 4.69) is 20.6 Å². The Morgan fingerprint density at radius 2 is 1.74 bits per heavy atom. The fourth-order valence-electron chi connectivity index (χ4n) is 2.46. The number of amides is 1. The van der Waals surface area contributed by atoms with Crippen molar-refractivity contribution in [1.82, 2.24) is 9.97 Å². The Hall–Kier alpha value is -3.48. The van der Waals surface area contributed by atoms with Crippen LogP contribution in [0, 0.1) is 12.7 Å². The zero-order valence-electron chi connectivity index (χ0n) is 15.3. The molecule has 0 aliphatic heterocycles. The normalized spacial score (nSPS) is 10.4. The number of carbonyl (C=O) groups excluding carboxylic acids is 1. The van der Waals surface area contributed by atoms with E-state index in [1.165, 1.54) is 12.1 Å². The van der Waals surface area contributed by atoms with Crippen molar-refractivity contribution >= 4 is 28.9 Å². The van der Waals surface area contributed by atoms with Gasteiger partial charge in [-0.15, -0.1) is 0 Å². The monoisotopic (exact) mass is 365 g/mol. The van der Waals surface area contributed by atoms with E-state index in [-0.39, 0.29) is 11.4 Å². The number of hydrogen-bond donors (Lipinski definition) is 2. The zero-order valence-corrected chi connectivity index (χ0v) is 15.3. The summed E-state index contributed by atoms with van der Waals surface area (Å²) in [5.41, 5.74) is 2.74. The fourth-order valence-corrected chi connectivity index (χ4v) is 2.46. The minimum absolute atomic E-state index is 0.104. The van der Waals surface area contributed by atoms with Crippen LogP contribution in [0.5, 0.6) is 0 Å². The molecule has 6 nitrogen and oxygen atoms in total. The lowest BCUT2D eigenvalue weighted by molar-refractivity contribution is 0.102. The molecule has 3 rings (SSSR count). The van der Waals surface area contributed by atoms with Gasteiger partial charge >= 0.3 is 0 Å². The van der Waals surface area contributed by atoms with E-state index in [4.69, 9.17) is 0 Å². The third kappa shape index (κ3) is 4.58. The molecular formula is C20H20FN5O. The lowest BCUT2D eigenvalue weighted by Gasteiger charge is -2.13. The number of aryl methyl sites for hydroxylation is 1. The average Bonchev–Trinajstić information content (AvgIpc) is 2.63. The Balaban J connectivity index is 1.79. The highest BCUT2D eigenvalue weighted by Gasteiger charge is 2.13. The first-order valence-corrected chi connectivity index (χ1v) is 8.38. The van der Waals surface area contributed by atoms with Gasteiger partial charge in [-0.25, -0.2) is 14.4 Å². The van der Waals surface area contributed by atoms with Crippen LogP contribution in [-0.4, -0.2) is 30.0 Å². The molecule has 1 aromatic heterocycles. The maximum Gasteiger partial charge on any atom is 0.274 e. The van der Waals surface area contributed by atoms with Gasteiger partial charge in [-0.2, -0.15) is 0 Å². The van der Waals surface area contributed by atoms with Crippen molar-refractivity contribution in [3.05, 3.63) is 71.8 Å². The number of hydrogen-bond acceptors (Lipinski definition) is 5. The predicted molar refractivity (Wildman–Crippen MR) is 105 cm³/mol. The summed E-state index contributed by atoms with van der Waals surface area (Å²) in [7, 11) is 3.93. The van der Waals surface area contributed by atoms with Gasteiger partial charge in [-0.3, -0.25) is 4.79 Å². The Labute approximate surface area is 157 Å². The number of nitrogens with one attached hydrogen (secondary N) is 2. The molecule has 0 unspecified atom stereocenters. The Kier molecular flexibility index (Phi) is 5.30. The summed E-state index contributed by atoms with van der Waals surface area (Å²) >= 11 is 0. The van der Waals surface area contributed by atoms with Crippen LogP contribution in [-0.2, 0) is 0 Å². The molecule has 3 aromatic rings. The van der Waals surface area contributed by atoms with E-state index in [1.54, 1.807) is 25.1 Å². The van der Waals surface area contributed by atoms with Gasteiger partial charge in [0.05, 0.1) is 5.69 Å².